The summed E-state index contributed by atoms with van der Waals surface area (Å²) in [6.07, 6.45) is 0. The topological polar surface area (TPSA) is 35.3 Å². The Balaban J connectivity index is 1.50. The predicted molar refractivity (Wildman–Crippen MR) is 105 cm³/mol. The first-order chi connectivity index (χ1) is 12.6. The molecule has 0 aliphatic heterocycles. The van der Waals surface area contributed by atoms with Crippen molar-refractivity contribution in [2.75, 3.05) is 0 Å². The van der Waals surface area contributed by atoms with Crippen molar-refractivity contribution in [2.24, 2.45) is 0 Å². The quantitative estimate of drug-likeness (QED) is 0.393. The molecular weight excluding hydrogens is 369 g/mol. The van der Waals surface area contributed by atoms with Gasteiger partial charge in [-0.3, -0.25) is 0 Å². The number of benzene rings is 3. The van der Waals surface area contributed by atoms with Gasteiger partial charge in [-0.15, -0.1) is 0 Å². The second-order valence-corrected chi connectivity index (χ2v) is 6.88. The molecule has 0 radical (unpaired) electrons. The maximum atomic E-state index is 6.17. The predicted octanol–water partition coefficient (Wildman–Crippen LogP) is 6.69. The Kier molecular flexibility index (Phi) is 4.58. The van der Waals surface area contributed by atoms with Crippen molar-refractivity contribution in [1.82, 2.24) is 4.98 Å². The lowest BCUT2D eigenvalue weighted by molar-refractivity contribution is 0.306. The first-order valence-corrected chi connectivity index (χ1v) is 8.88. The summed E-state index contributed by atoms with van der Waals surface area (Å²) in [5.74, 6) is 1.34. The Morgan fingerprint density at radius 1 is 0.962 bits per heavy atom. The lowest BCUT2D eigenvalue weighted by Crippen LogP contribution is -1.96. The van der Waals surface area contributed by atoms with Gasteiger partial charge in [-0.25, -0.2) is 4.98 Å². The zero-order valence-corrected chi connectivity index (χ0v) is 15.5. The molecule has 1 heterocycles. The van der Waals surface area contributed by atoms with Crippen molar-refractivity contribution in [2.45, 2.75) is 13.5 Å². The SMILES string of the molecule is Cc1ccc2oc(-c3ccc(OCc4ccc(Cl)cc4Cl)cc3)nc2c1. The molecule has 0 aliphatic rings. The van der Waals surface area contributed by atoms with Gasteiger partial charge >= 0.3 is 0 Å². The second kappa shape index (κ2) is 7.02. The minimum Gasteiger partial charge on any atom is -0.489 e. The molecule has 0 spiro atoms. The van der Waals surface area contributed by atoms with Gasteiger partial charge in [-0.05, 0) is 61.0 Å². The van der Waals surface area contributed by atoms with Crippen LogP contribution in [0.5, 0.6) is 5.75 Å². The van der Waals surface area contributed by atoms with Gasteiger partial charge in [0, 0.05) is 21.2 Å². The highest BCUT2D eigenvalue weighted by atomic mass is 35.5. The fourth-order valence-corrected chi connectivity index (χ4v) is 3.12. The normalized spacial score (nSPS) is 11.0. The maximum Gasteiger partial charge on any atom is 0.227 e. The number of hydrogen-bond donors (Lipinski definition) is 0. The molecule has 0 atom stereocenters. The molecule has 4 rings (SSSR count). The van der Waals surface area contributed by atoms with E-state index in [0.29, 0.717) is 22.5 Å². The maximum absolute atomic E-state index is 6.17. The number of fused-ring (bicyclic) bond motifs is 1. The van der Waals surface area contributed by atoms with E-state index in [4.69, 9.17) is 32.4 Å². The third-order valence-corrected chi connectivity index (χ3v) is 4.64. The first kappa shape index (κ1) is 17.0. The molecule has 0 saturated carbocycles. The summed E-state index contributed by atoms with van der Waals surface area (Å²) in [6, 6.07) is 19.0. The van der Waals surface area contributed by atoms with Crippen molar-refractivity contribution < 1.29 is 9.15 Å². The van der Waals surface area contributed by atoms with Crippen LogP contribution in [0.2, 0.25) is 10.0 Å². The zero-order chi connectivity index (χ0) is 18.1. The van der Waals surface area contributed by atoms with Crippen LogP contribution in [-0.2, 0) is 6.61 Å². The van der Waals surface area contributed by atoms with Gasteiger partial charge in [0.1, 0.15) is 17.9 Å². The summed E-state index contributed by atoms with van der Waals surface area (Å²) in [4.78, 5) is 4.55. The minimum atomic E-state index is 0.373. The number of aryl methyl sites for hydroxylation is 1. The van der Waals surface area contributed by atoms with Crippen LogP contribution in [-0.4, -0.2) is 4.98 Å². The molecule has 26 heavy (non-hydrogen) atoms. The highest BCUT2D eigenvalue weighted by Crippen LogP contribution is 2.27. The van der Waals surface area contributed by atoms with Crippen molar-refractivity contribution in [3.63, 3.8) is 0 Å². The van der Waals surface area contributed by atoms with Gasteiger partial charge in [-0.2, -0.15) is 0 Å². The zero-order valence-electron chi connectivity index (χ0n) is 14.0. The van der Waals surface area contributed by atoms with Crippen molar-refractivity contribution in [3.05, 3.63) is 81.8 Å². The van der Waals surface area contributed by atoms with E-state index in [9.17, 15) is 0 Å². The second-order valence-electron chi connectivity index (χ2n) is 6.04. The van der Waals surface area contributed by atoms with Crippen molar-refractivity contribution in [1.29, 1.82) is 0 Å². The Labute approximate surface area is 161 Å². The molecule has 3 nitrogen and oxygen atoms in total. The van der Waals surface area contributed by atoms with E-state index < -0.39 is 0 Å². The Morgan fingerprint density at radius 3 is 2.54 bits per heavy atom. The number of hydrogen-bond acceptors (Lipinski definition) is 3. The summed E-state index contributed by atoms with van der Waals surface area (Å²) in [5.41, 5.74) is 4.58. The number of aromatic nitrogens is 1. The van der Waals surface area contributed by atoms with Gasteiger partial charge in [0.25, 0.3) is 0 Å². The highest BCUT2D eigenvalue weighted by molar-refractivity contribution is 6.35. The average molecular weight is 384 g/mol. The molecule has 130 valence electrons. The molecule has 0 aliphatic carbocycles. The summed E-state index contributed by atoms with van der Waals surface area (Å²) in [7, 11) is 0. The Hall–Kier alpha value is -2.49. The summed E-state index contributed by atoms with van der Waals surface area (Å²) >= 11 is 12.1. The lowest BCUT2D eigenvalue weighted by Gasteiger charge is -2.08. The third-order valence-electron chi connectivity index (χ3n) is 4.05. The van der Waals surface area contributed by atoms with Crippen LogP contribution in [0.4, 0.5) is 0 Å². The monoisotopic (exact) mass is 383 g/mol. The van der Waals surface area contributed by atoms with E-state index in [1.54, 1.807) is 12.1 Å². The fourth-order valence-electron chi connectivity index (χ4n) is 2.65. The third kappa shape index (κ3) is 3.55. The van der Waals surface area contributed by atoms with Crippen LogP contribution in [0.15, 0.2) is 65.1 Å². The molecule has 0 amide bonds. The Bertz CT molecular complexity index is 1070. The van der Waals surface area contributed by atoms with E-state index in [1.807, 2.05) is 55.5 Å². The lowest BCUT2D eigenvalue weighted by atomic mass is 10.2. The van der Waals surface area contributed by atoms with Crippen LogP contribution < -0.4 is 4.74 Å². The number of halogens is 2. The van der Waals surface area contributed by atoms with E-state index in [0.717, 1.165) is 33.5 Å². The molecule has 3 aromatic carbocycles. The standard InChI is InChI=1S/C21H15Cl2NO2/c1-13-2-9-20-19(10-13)24-21(26-20)14-4-7-17(8-5-14)25-12-15-3-6-16(22)11-18(15)23/h2-11H,12H2,1H3. The van der Waals surface area contributed by atoms with Gasteiger partial charge in [0.2, 0.25) is 5.89 Å². The van der Waals surface area contributed by atoms with Crippen LogP contribution >= 0.6 is 23.2 Å². The van der Waals surface area contributed by atoms with Gasteiger partial charge in [0.15, 0.2) is 5.58 Å². The van der Waals surface area contributed by atoms with E-state index in [-0.39, 0.29) is 0 Å². The smallest absolute Gasteiger partial charge is 0.227 e. The number of ether oxygens (including phenoxy) is 1. The molecule has 4 aromatic rings. The number of rotatable bonds is 4. The molecule has 0 saturated heterocycles. The fraction of sp³-hybridized carbons (Fsp3) is 0.0952. The van der Waals surface area contributed by atoms with Crippen LogP contribution in [0.1, 0.15) is 11.1 Å². The van der Waals surface area contributed by atoms with Crippen LogP contribution in [0, 0.1) is 6.92 Å². The van der Waals surface area contributed by atoms with Gasteiger partial charge < -0.3 is 9.15 Å². The first-order valence-electron chi connectivity index (χ1n) is 8.13. The van der Waals surface area contributed by atoms with E-state index >= 15 is 0 Å². The van der Waals surface area contributed by atoms with E-state index in [1.165, 1.54) is 0 Å². The van der Waals surface area contributed by atoms with Crippen LogP contribution in [0.3, 0.4) is 0 Å². The van der Waals surface area contributed by atoms with Gasteiger partial charge in [0.05, 0.1) is 0 Å². The minimum absolute atomic E-state index is 0.373. The molecular formula is C21H15Cl2NO2. The molecule has 5 heteroatoms. The molecule has 0 fully saturated rings. The van der Waals surface area contributed by atoms with Crippen LogP contribution in [0.25, 0.3) is 22.6 Å². The number of oxazole rings is 1. The summed E-state index contributed by atoms with van der Waals surface area (Å²) < 4.78 is 11.6. The van der Waals surface area contributed by atoms with Crippen molar-refractivity contribution >= 4 is 34.3 Å². The summed E-state index contributed by atoms with van der Waals surface area (Å²) in [5, 5.41) is 1.20. The molecule has 0 N–H and O–H groups in total. The van der Waals surface area contributed by atoms with Gasteiger partial charge in [-0.1, -0.05) is 35.3 Å². The van der Waals surface area contributed by atoms with Crippen molar-refractivity contribution in [3.8, 4) is 17.2 Å². The largest absolute Gasteiger partial charge is 0.489 e. The highest BCUT2D eigenvalue weighted by Gasteiger charge is 2.09. The molecule has 0 unspecified atom stereocenters. The number of nitrogens with zero attached hydrogens (tertiary/aromatic N) is 1. The summed E-state index contributed by atoms with van der Waals surface area (Å²) in [6.45, 7) is 2.41. The van der Waals surface area contributed by atoms with E-state index in [2.05, 4.69) is 4.98 Å². The molecule has 1 aromatic heterocycles. The average Bonchev–Trinajstić information content (AvgIpc) is 3.04. The molecule has 0 bridgehead atoms. The Morgan fingerprint density at radius 2 is 1.77 bits per heavy atom.